The fraction of sp³-hybridized carbons (Fsp3) is 0.375. The second-order valence-corrected chi connectivity index (χ2v) is 6.41. The van der Waals surface area contributed by atoms with Gasteiger partial charge in [0.2, 0.25) is 0 Å². The minimum Gasteiger partial charge on any atom is -0.297 e. The standard InChI is InChI=1S/C8H8O3S2/c9-4-7-3-6-5-13(10,11)2-1-8(6)12-7/h3-4H,1-2,5H2. The van der Waals surface area contributed by atoms with Crippen LogP contribution in [0.3, 0.4) is 0 Å². The van der Waals surface area contributed by atoms with Crippen molar-refractivity contribution in [1.82, 2.24) is 0 Å². The largest absolute Gasteiger partial charge is 0.297 e. The molecular weight excluding hydrogens is 208 g/mol. The van der Waals surface area contributed by atoms with E-state index in [-0.39, 0.29) is 11.5 Å². The highest BCUT2D eigenvalue weighted by molar-refractivity contribution is 7.90. The molecule has 1 aliphatic heterocycles. The highest BCUT2D eigenvalue weighted by Crippen LogP contribution is 2.28. The third kappa shape index (κ3) is 1.66. The molecular formula is C8H8O3S2. The number of thiophene rings is 1. The molecule has 1 aromatic heterocycles. The molecule has 0 bridgehead atoms. The van der Waals surface area contributed by atoms with Gasteiger partial charge in [0.05, 0.1) is 16.4 Å². The van der Waals surface area contributed by atoms with Gasteiger partial charge in [-0.3, -0.25) is 4.79 Å². The lowest BCUT2D eigenvalue weighted by Crippen LogP contribution is -2.16. The van der Waals surface area contributed by atoms with Crippen LogP contribution in [-0.4, -0.2) is 20.5 Å². The van der Waals surface area contributed by atoms with Gasteiger partial charge in [-0.15, -0.1) is 11.3 Å². The molecule has 0 fully saturated rings. The summed E-state index contributed by atoms with van der Waals surface area (Å²) in [7, 11) is -2.90. The molecule has 0 atom stereocenters. The fourth-order valence-corrected chi connectivity index (χ4v) is 4.05. The summed E-state index contributed by atoms with van der Waals surface area (Å²) in [6.07, 6.45) is 1.34. The summed E-state index contributed by atoms with van der Waals surface area (Å²) in [5.41, 5.74) is 0.818. The van der Waals surface area contributed by atoms with Crippen molar-refractivity contribution >= 4 is 27.5 Å². The summed E-state index contributed by atoms with van der Waals surface area (Å²) in [5, 5.41) is 0. The van der Waals surface area contributed by atoms with E-state index in [1.54, 1.807) is 6.07 Å². The van der Waals surface area contributed by atoms with Gasteiger partial charge in [-0.05, 0) is 18.1 Å². The number of fused-ring (bicyclic) bond motifs is 1. The maximum atomic E-state index is 11.2. The van der Waals surface area contributed by atoms with Crippen LogP contribution in [-0.2, 0) is 22.0 Å². The van der Waals surface area contributed by atoms with E-state index in [1.165, 1.54) is 11.3 Å². The van der Waals surface area contributed by atoms with E-state index in [4.69, 9.17) is 0 Å². The van der Waals surface area contributed by atoms with Crippen molar-refractivity contribution in [3.63, 3.8) is 0 Å². The van der Waals surface area contributed by atoms with Crippen molar-refractivity contribution in [3.05, 3.63) is 21.4 Å². The van der Waals surface area contributed by atoms with Gasteiger partial charge in [0.1, 0.15) is 0 Å². The predicted octanol–water partition coefficient (Wildman–Crippen LogP) is 1.03. The molecule has 0 aliphatic carbocycles. The van der Waals surface area contributed by atoms with E-state index in [9.17, 15) is 13.2 Å². The second kappa shape index (κ2) is 2.92. The van der Waals surface area contributed by atoms with E-state index >= 15 is 0 Å². The number of aldehydes is 1. The minimum absolute atomic E-state index is 0.104. The van der Waals surface area contributed by atoms with Gasteiger partial charge < -0.3 is 0 Å². The topological polar surface area (TPSA) is 51.2 Å². The normalized spacial score (nSPS) is 19.4. The first-order valence-corrected chi connectivity index (χ1v) is 6.52. The van der Waals surface area contributed by atoms with Gasteiger partial charge in [-0.2, -0.15) is 0 Å². The molecule has 2 heterocycles. The lowest BCUT2D eigenvalue weighted by atomic mass is 10.2. The number of carbonyl (C=O) groups excluding carboxylic acids is 1. The first-order chi connectivity index (χ1) is 6.11. The molecule has 0 amide bonds. The smallest absolute Gasteiger partial charge is 0.160 e. The Balaban J connectivity index is 2.46. The van der Waals surface area contributed by atoms with Gasteiger partial charge in [-0.25, -0.2) is 8.42 Å². The van der Waals surface area contributed by atoms with E-state index in [0.717, 1.165) is 16.7 Å². The summed E-state index contributed by atoms with van der Waals surface area (Å²) in [5.74, 6) is 0.325. The second-order valence-electron chi connectivity index (χ2n) is 3.06. The van der Waals surface area contributed by atoms with Crippen LogP contribution >= 0.6 is 11.3 Å². The van der Waals surface area contributed by atoms with E-state index in [1.807, 2.05) is 0 Å². The fourth-order valence-electron chi connectivity index (χ4n) is 1.44. The lowest BCUT2D eigenvalue weighted by Gasteiger charge is -2.10. The Hall–Kier alpha value is -0.680. The third-order valence-electron chi connectivity index (χ3n) is 2.05. The molecule has 0 N–H and O–H groups in total. The third-order valence-corrected chi connectivity index (χ3v) is 4.79. The number of carbonyl (C=O) groups is 1. The maximum absolute atomic E-state index is 11.2. The molecule has 70 valence electrons. The van der Waals surface area contributed by atoms with Crippen LogP contribution in [0, 0.1) is 0 Å². The molecule has 3 nitrogen and oxygen atoms in total. The summed E-state index contributed by atoms with van der Waals surface area (Å²) in [4.78, 5) is 12.1. The molecule has 0 radical (unpaired) electrons. The Morgan fingerprint density at radius 1 is 1.46 bits per heavy atom. The molecule has 1 aromatic rings. The lowest BCUT2D eigenvalue weighted by molar-refractivity contribution is 0.112. The number of rotatable bonds is 1. The average molecular weight is 216 g/mol. The summed E-state index contributed by atoms with van der Waals surface area (Å²) >= 11 is 1.40. The van der Waals surface area contributed by atoms with Crippen LogP contribution in [0.15, 0.2) is 6.07 Å². The first kappa shape index (κ1) is 8.90. The van der Waals surface area contributed by atoms with E-state index in [2.05, 4.69) is 0 Å². The molecule has 13 heavy (non-hydrogen) atoms. The van der Waals surface area contributed by atoms with Crippen LogP contribution in [0.25, 0.3) is 0 Å². The molecule has 5 heteroatoms. The van der Waals surface area contributed by atoms with Gasteiger partial charge in [0, 0.05) is 4.88 Å². The maximum Gasteiger partial charge on any atom is 0.160 e. The summed E-state index contributed by atoms with van der Waals surface area (Å²) in [6.45, 7) is 0. The molecule has 2 rings (SSSR count). The van der Waals surface area contributed by atoms with E-state index < -0.39 is 9.84 Å². The van der Waals surface area contributed by atoms with Crippen molar-refractivity contribution in [2.24, 2.45) is 0 Å². The summed E-state index contributed by atoms with van der Waals surface area (Å²) in [6, 6.07) is 1.68. The molecule has 0 aromatic carbocycles. The molecule has 1 aliphatic rings. The SMILES string of the molecule is O=Cc1cc2c(s1)CCS(=O)(=O)C2. The number of aryl methyl sites for hydroxylation is 1. The highest BCUT2D eigenvalue weighted by atomic mass is 32.2. The van der Waals surface area contributed by atoms with Crippen molar-refractivity contribution in [2.45, 2.75) is 12.2 Å². The quantitative estimate of drug-likeness (QED) is 0.659. The minimum atomic E-state index is -2.90. The zero-order valence-electron chi connectivity index (χ0n) is 6.82. The van der Waals surface area contributed by atoms with Crippen molar-refractivity contribution in [1.29, 1.82) is 0 Å². The Kier molecular flexibility index (Phi) is 2.00. The van der Waals surface area contributed by atoms with Crippen molar-refractivity contribution < 1.29 is 13.2 Å². The predicted molar refractivity (Wildman–Crippen MR) is 50.9 cm³/mol. The van der Waals surface area contributed by atoms with Crippen LogP contribution < -0.4 is 0 Å². The molecule has 0 spiro atoms. The van der Waals surface area contributed by atoms with Crippen molar-refractivity contribution in [3.8, 4) is 0 Å². The average Bonchev–Trinajstić information content (AvgIpc) is 2.44. The number of hydrogen-bond donors (Lipinski definition) is 0. The van der Waals surface area contributed by atoms with Crippen LogP contribution in [0.4, 0.5) is 0 Å². The van der Waals surface area contributed by atoms with Gasteiger partial charge in [-0.1, -0.05) is 0 Å². The van der Waals surface area contributed by atoms with E-state index in [0.29, 0.717) is 11.3 Å². The molecule has 0 unspecified atom stereocenters. The Morgan fingerprint density at radius 2 is 2.23 bits per heavy atom. The Labute approximate surface area is 80.3 Å². The highest BCUT2D eigenvalue weighted by Gasteiger charge is 2.23. The number of sulfone groups is 1. The summed E-state index contributed by atoms with van der Waals surface area (Å²) < 4.78 is 22.5. The van der Waals surface area contributed by atoms with Crippen LogP contribution in [0.2, 0.25) is 0 Å². The van der Waals surface area contributed by atoms with Crippen LogP contribution in [0.1, 0.15) is 20.1 Å². The van der Waals surface area contributed by atoms with Crippen molar-refractivity contribution in [2.75, 3.05) is 5.75 Å². The van der Waals surface area contributed by atoms with Crippen LogP contribution in [0.5, 0.6) is 0 Å². The zero-order valence-corrected chi connectivity index (χ0v) is 8.45. The molecule has 0 saturated carbocycles. The molecule has 0 saturated heterocycles. The Morgan fingerprint density at radius 3 is 2.92 bits per heavy atom. The van der Waals surface area contributed by atoms with Gasteiger partial charge >= 0.3 is 0 Å². The zero-order chi connectivity index (χ0) is 9.47. The first-order valence-electron chi connectivity index (χ1n) is 3.88. The Bertz CT molecular complexity index is 442. The van der Waals surface area contributed by atoms with Gasteiger partial charge in [0.25, 0.3) is 0 Å². The van der Waals surface area contributed by atoms with Gasteiger partial charge in [0.15, 0.2) is 16.1 Å². The number of hydrogen-bond acceptors (Lipinski definition) is 4. The monoisotopic (exact) mass is 216 g/mol.